The number of hydrogen-bond donors (Lipinski definition) is 2. The van der Waals surface area contributed by atoms with Crippen molar-refractivity contribution in [3.63, 3.8) is 0 Å². The molecular weight excluding hydrogens is 319 g/mol. The number of rotatable bonds is 8. The Morgan fingerprint density at radius 2 is 2.09 bits per heavy atom. The van der Waals surface area contributed by atoms with Gasteiger partial charge in [0.2, 0.25) is 10.0 Å². The predicted molar refractivity (Wildman–Crippen MR) is 91.3 cm³/mol. The van der Waals surface area contributed by atoms with Crippen LogP contribution in [0.15, 0.2) is 29.3 Å². The van der Waals surface area contributed by atoms with Crippen molar-refractivity contribution in [2.45, 2.75) is 19.9 Å². The van der Waals surface area contributed by atoms with E-state index in [1.54, 1.807) is 20.0 Å². The summed E-state index contributed by atoms with van der Waals surface area (Å²) in [5.74, 6) is 0.494. The van der Waals surface area contributed by atoms with Crippen molar-refractivity contribution in [2.75, 3.05) is 32.9 Å². The molecule has 1 aromatic carbocycles. The lowest BCUT2D eigenvalue weighted by Gasteiger charge is -2.22. The second-order valence-corrected chi connectivity index (χ2v) is 7.21. The van der Waals surface area contributed by atoms with Crippen LogP contribution >= 0.6 is 0 Å². The van der Waals surface area contributed by atoms with E-state index >= 15 is 0 Å². The molecule has 0 aliphatic heterocycles. The van der Waals surface area contributed by atoms with Gasteiger partial charge in [-0.15, -0.1) is 0 Å². The molecule has 6 nitrogen and oxygen atoms in total. The number of sulfonamides is 1. The van der Waals surface area contributed by atoms with Crippen LogP contribution < -0.4 is 10.0 Å². The number of halogens is 1. The summed E-state index contributed by atoms with van der Waals surface area (Å²) in [5, 5.41) is 3.16. The van der Waals surface area contributed by atoms with Gasteiger partial charge >= 0.3 is 0 Å². The van der Waals surface area contributed by atoms with Gasteiger partial charge in [-0.05, 0) is 31.0 Å². The second kappa shape index (κ2) is 9.46. The zero-order chi connectivity index (χ0) is 17.3. The van der Waals surface area contributed by atoms with Crippen LogP contribution in [0.25, 0.3) is 0 Å². The van der Waals surface area contributed by atoms with Gasteiger partial charge < -0.3 is 10.2 Å². The lowest BCUT2D eigenvalue weighted by Crippen LogP contribution is -2.39. The minimum atomic E-state index is -3.14. The van der Waals surface area contributed by atoms with E-state index < -0.39 is 10.0 Å². The third kappa shape index (κ3) is 7.43. The van der Waals surface area contributed by atoms with E-state index in [0.717, 1.165) is 5.56 Å². The van der Waals surface area contributed by atoms with Gasteiger partial charge in [0.25, 0.3) is 0 Å². The summed E-state index contributed by atoms with van der Waals surface area (Å²) in [5.41, 5.74) is 0.853. The van der Waals surface area contributed by atoms with Gasteiger partial charge in [-0.3, -0.25) is 4.99 Å². The predicted octanol–water partition coefficient (Wildman–Crippen LogP) is 1.16. The van der Waals surface area contributed by atoms with Gasteiger partial charge in [0, 0.05) is 33.7 Å². The largest absolute Gasteiger partial charge is 0.356 e. The smallest absolute Gasteiger partial charge is 0.211 e. The summed E-state index contributed by atoms with van der Waals surface area (Å²) < 4.78 is 38.3. The average molecular weight is 344 g/mol. The van der Waals surface area contributed by atoms with E-state index in [9.17, 15) is 12.8 Å². The molecule has 0 aliphatic carbocycles. The molecule has 130 valence electrons. The van der Waals surface area contributed by atoms with Crippen LogP contribution in [0.4, 0.5) is 4.39 Å². The zero-order valence-electron chi connectivity index (χ0n) is 13.8. The van der Waals surface area contributed by atoms with Gasteiger partial charge in [-0.1, -0.05) is 12.1 Å². The number of hydrogen-bond acceptors (Lipinski definition) is 3. The molecule has 0 amide bonds. The fourth-order valence-electron chi connectivity index (χ4n) is 1.99. The van der Waals surface area contributed by atoms with Crippen LogP contribution in [-0.4, -0.2) is 52.2 Å². The van der Waals surface area contributed by atoms with Crippen molar-refractivity contribution >= 4 is 16.0 Å². The van der Waals surface area contributed by atoms with Crippen molar-refractivity contribution in [3.8, 4) is 0 Å². The fourth-order valence-corrected chi connectivity index (χ4v) is 2.65. The molecule has 0 radical (unpaired) electrons. The molecule has 0 saturated carbocycles. The molecule has 0 heterocycles. The van der Waals surface area contributed by atoms with Crippen molar-refractivity contribution < 1.29 is 12.8 Å². The van der Waals surface area contributed by atoms with Crippen molar-refractivity contribution in [3.05, 3.63) is 35.6 Å². The summed E-state index contributed by atoms with van der Waals surface area (Å²) in [4.78, 5) is 6.05. The van der Waals surface area contributed by atoms with Gasteiger partial charge in [0.15, 0.2) is 5.96 Å². The van der Waals surface area contributed by atoms with E-state index in [2.05, 4.69) is 15.0 Å². The van der Waals surface area contributed by atoms with Crippen LogP contribution in [0.5, 0.6) is 0 Å². The van der Waals surface area contributed by atoms with Crippen molar-refractivity contribution in [1.29, 1.82) is 0 Å². The standard InChI is InChI=1S/C15H25FN4O2S/c1-4-23(21,22)19-10-6-9-18-15(17-2)20(3)12-13-7-5-8-14(16)11-13/h5,7-8,11,19H,4,6,9-10,12H2,1-3H3,(H,17,18). The minimum Gasteiger partial charge on any atom is -0.356 e. The highest BCUT2D eigenvalue weighted by molar-refractivity contribution is 7.89. The van der Waals surface area contributed by atoms with E-state index in [1.807, 2.05) is 18.0 Å². The van der Waals surface area contributed by atoms with Crippen LogP contribution in [0.2, 0.25) is 0 Å². The summed E-state index contributed by atoms with van der Waals surface area (Å²) in [6.45, 7) is 3.10. The Bertz CT molecular complexity index is 620. The lowest BCUT2D eigenvalue weighted by atomic mass is 10.2. The normalized spacial score (nSPS) is 12.3. The maximum absolute atomic E-state index is 13.2. The highest BCUT2D eigenvalue weighted by Crippen LogP contribution is 2.06. The van der Waals surface area contributed by atoms with Crippen LogP contribution in [0.3, 0.4) is 0 Å². The average Bonchev–Trinajstić information content (AvgIpc) is 2.50. The first-order valence-electron chi connectivity index (χ1n) is 7.51. The van der Waals surface area contributed by atoms with Crippen LogP contribution in [-0.2, 0) is 16.6 Å². The number of nitrogens with zero attached hydrogens (tertiary/aromatic N) is 2. The fraction of sp³-hybridized carbons (Fsp3) is 0.533. The Labute approximate surface area is 137 Å². The number of nitrogens with one attached hydrogen (secondary N) is 2. The molecule has 0 saturated heterocycles. The highest BCUT2D eigenvalue weighted by atomic mass is 32.2. The van der Waals surface area contributed by atoms with Gasteiger partial charge in [0.1, 0.15) is 5.82 Å². The quantitative estimate of drug-likeness (QED) is 0.422. The number of aliphatic imine (C=N–C) groups is 1. The molecule has 0 atom stereocenters. The Morgan fingerprint density at radius 1 is 1.35 bits per heavy atom. The van der Waals surface area contributed by atoms with Crippen LogP contribution in [0, 0.1) is 5.82 Å². The maximum Gasteiger partial charge on any atom is 0.211 e. The molecule has 2 N–H and O–H groups in total. The SMILES string of the molecule is CCS(=O)(=O)NCCCNC(=NC)N(C)Cc1cccc(F)c1. The molecule has 0 aliphatic rings. The minimum absolute atomic E-state index is 0.0818. The van der Waals surface area contributed by atoms with Gasteiger partial charge in [-0.2, -0.15) is 0 Å². The monoisotopic (exact) mass is 344 g/mol. The van der Waals surface area contributed by atoms with Crippen molar-refractivity contribution in [1.82, 2.24) is 14.9 Å². The number of benzene rings is 1. The summed E-state index contributed by atoms with van der Waals surface area (Å²) in [7, 11) is 0.391. The van der Waals surface area contributed by atoms with Crippen LogP contribution in [0.1, 0.15) is 18.9 Å². The first-order valence-corrected chi connectivity index (χ1v) is 9.16. The second-order valence-electron chi connectivity index (χ2n) is 5.11. The molecule has 0 bridgehead atoms. The molecule has 8 heteroatoms. The maximum atomic E-state index is 13.2. The summed E-state index contributed by atoms with van der Waals surface area (Å²) >= 11 is 0. The third-order valence-electron chi connectivity index (χ3n) is 3.22. The molecule has 0 aromatic heterocycles. The van der Waals surface area contributed by atoms with E-state index in [0.29, 0.717) is 32.0 Å². The Morgan fingerprint density at radius 3 is 2.70 bits per heavy atom. The first kappa shape index (κ1) is 19.4. The van der Waals surface area contributed by atoms with Gasteiger partial charge in [-0.25, -0.2) is 17.5 Å². The third-order valence-corrected chi connectivity index (χ3v) is 4.62. The van der Waals surface area contributed by atoms with E-state index in [4.69, 9.17) is 0 Å². The molecule has 0 unspecified atom stereocenters. The highest BCUT2D eigenvalue weighted by Gasteiger charge is 2.08. The molecule has 1 aromatic rings. The molecular formula is C15H25FN4O2S. The molecule has 0 fully saturated rings. The lowest BCUT2D eigenvalue weighted by molar-refractivity contribution is 0.473. The van der Waals surface area contributed by atoms with Crippen molar-refractivity contribution in [2.24, 2.45) is 4.99 Å². The first-order chi connectivity index (χ1) is 10.9. The topological polar surface area (TPSA) is 73.8 Å². The summed E-state index contributed by atoms with van der Waals surface area (Å²) in [6.07, 6.45) is 0.645. The Kier molecular flexibility index (Phi) is 7.97. The Balaban J connectivity index is 2.39. The zero-order valence-corrected chi connectivity index (χ0v) is 14.7. The summed E-state index contributed by atoms with van der Waals surface area (Å²) in [6, 6.07) is 6.43. The molecule has 0 spiro atoms. The molecule has 1 rings (SSSR count). The van der Waals surface area contributed by atoms with Gasteiger partial charge in [0.05, 0.1) is 5.75 Å². The Hall–Kier alpha value is -1.67. The van der Waals surface area contributed by atoms with E-state index in [1.165, 1.54) is 12.1 Å². The number of guanidine groups is 1. The van der Waals surface area contributed by atoms with E-state index in [-0.39, 0.29) is 11.6 Å². The molecule has 23 heavy (non-hydrogen) atoms.